The first-order valence-corrected chi connectivity index (χ1v) is 7.56. The number of benzene rings is 1. The molecule has 0 aromatic heterocycles. The van der Waals surface area contributed by atoms with Crippen molar-refractivity contribution in [2.24, 2.45) is 5.92 Å². The van der Waals surface area contributed by atoms with Gasteiger partial charge in [0, 0.05) is 15.0 Å². The number of rotatable bonds is 4. The SMILES string of the molecule is O=C(CCC1CCNC1)Nc1ccc(Cl)cc1I. The van der Waals surface area contributed by atoms with Crippen LogP contribution in [0.4, 0.5) is 5.69 Å². The van der Waals surface area contributed by atoms with E-state index in [9.17, 15) is 4.79 Å². The first kappa shape index (κ1) is 14.1. The lowest BCUT2D eigenvalue weighted by Crippen LogP contribution is -2.15. The van der Waals surface area contributed by atoms with Crippen molar-refractivity contribution >= 4 is 45.8 Å². The molecule has 1 aromatic carbocycles. The number of nitrogens with one attached hydrogen (secondary N) is 2. The topological polar surface area (TPSA) is 41.1 Å². The average Bonchev–Trinajstić information content (AvgIpc) is 2.83. The number of carbonyl (C=O) groups is 1. The highest BCUT2D eigenvalue weighted by molar-refractivity contribution is 14.1. The fraction of sp³-hybridized carbons (Fsp3) is 0.462. The van der Waals surface area contributed by atoms with E-state index >= 15 is 0 Å². The van der Waals surface area contributed by atoms with Gasteiger partial charge < -0.3 is 10.6 Å². The molecule has 5 heteroatoms. The van der Waals surface area contributed by atoms with E-state index in [0.29, 0.717) is 17.4 Å². The average molecular weight is 379 g/mol. The monoisotopic (exact) mass is 378 g/mol. The Bertz CT molecular complexity index is 433. The highest BCUT2D eigenvalue weighted by atomic mass is 127. The van der Waals surface area contributed by atoms with E-state index in [0.717, 1.165) is 28.8 Å². The zero-order valence-corrected chi connectivity index (χ0v) is 12.9. The molecule has 1 aliphatic rings. The number of amides is 1. The van der Waals surface area contributed by atoms with Gasteiger partial charge in [0.2, 0.25) is 5.91 Å². The Morgan fingerprint density at radius 1 is 1.56 bits per heavy atom. The summed E-state index contributed by atoms with van der Waals surface area (Å²) in [5.74, 6) is 0.738. The van der Waals surface area contributed by atoms with E-state index < -0.39 is 0 Å². The maximum Gasteiger partial charge on any atom is 0.224 e. The summed E-state index contributed by atoms with van der Waals surface area (Å²) in [7, 11) is 0. The van der Waals surface area contributed by atoms with Crippen molar-refractivity contribution < 1.29 is 4.79 Å². The van der Waals surface area contributed by atoms with E-state index in [1.165, 1.54) is 6.42 Å². The van der Waals surface area contributed by atoms with Crippen molar-refractivity contribution in [3.8, 4) is 0 Å². The van der Waals surface area contributed by atoms with E-state index in [1.807, 2.05) is 12.1 Å². The van der Waals surface area contributed by atoms with Crippen LogP contribution < -0.4 is 10.6 Å². The number of anilines is 1. The summed E-state index contributed by atoms with van der Waals surface area (Å²) in [5.41, 5.74) is 0.842. The molecule has 1 atom stereocenters. The molecular formula is C13H16ClIN2O. The number of halogens is 2. The quantitative estimate of drug-likeness (QED) is 0.790. The van der Waals surface area contributed by atoms with Gasteiger partial charge in [-0.25, -0.2) is 0 Å². The van der Waals surface area contributed by atoms with Crippen LogP contribution in [0.25, 0.3) is 0 Å². The highest BCUT2D eigenvalue weighted by Crippen LogP contribution is 2.23. The second-order valence-electron chi connectivity index (χ2n) is 4.57. The summed E-state index contributed by atoms with van der Waals surface area (Å²) in [6.07, 6.45) is 2.74. The van der Waals surface area contributed by atoms with Gasteiger partial charge in [-0.3, -0.25) is 4.79 Å². The Labute approximate surface area is 126 Å². The molecular weight excluding hydrogens is 363 g/mol. The molecule has 0 spiro atoms. The normalized spacial score (nSPS) is 18.9. The lowest BCUT2D eigenvalue weighted by atomic mass is 10.0. The fourth-order valence-corrected chi connectivity index (χ4v) is 3.11. The largest absolute Gasteiger partial charge is 0.325 e. The van der Waals surface area contributed by atoms with Crippen LogP contribution in [0, 0.1) is 9.49 Å². The van der Waals surface area contributed by atoms with Crippen LogP contribution >= 0.6 is 34.2 Å². The number of hydrogen-bond acceptors (Lipinski definition) is 2. The van der Waals surface area contributed by atoms with Crippen LogP contribution in [-0.4, -0.2) is 19.0 Å². The molecule has 0 saturated carbocycles. The fourth-order valence-electron chi connectivity index (χ4n) is 2.10. The van der Waals surface area contributed by atoms with Crippen LogP contribution in [0.5, 0.6) is 0 Å². The third-order valence-corrected chi connectivity index (χ3v) is 4.27. The van der Waals surface area contributed by atoms with E-state index in [2.05, 4.69) is 33.2 Å². The minimum atomic E-state index is 0.0853. The van der Waals surface area contributed by atoms with Crippen LogP contribution in [0.15, 0.2) is 18.2 Å². The van der Waals surface area contributed by atoms with E-state index in [-0.39, 0.29) is 5.91 Å². The Hall–Kier alpha value is -0.330. The van der Waals surface area contributed by atoms with Gasteiger partial charge in [-0.05, 0) is 72.6 Å². The van der Waals surface area contributed by atoms with Gasteiger partial charge in [0.25, 0.3) is 0 Å². The third kappa shape index (κ3) is 4.10. The van der Waals surface area contributed by atoms with Gasteiger partial charge in [-0.15, -0.1) is 0 Å². The van der Waals surface area contributed by atoms with Crippen molar-refractivity contribution in [1.29, 1.82) is 0 Å². The molecule has 1 amide bonds. The second kappa shape index (κ2) is 6.73. The minimum absolute atomic E-state index is 0.0853. The summed E-state index contributed by atoms with van der Waals surface area (Å²) in [5, 5.41) is 6.94. The van der Waals surface area contributed by atoms with Gasteiger partial charge in [-0.2, -0.15) is 0 Å². The van der Waals surface area contributed by atoms with Crippen molar-refractivity contribution in [3.05, 3.63) is 26.8 Å². The Kier molecular flexibility index (Phi) is 5.26. The maximum atomic E-state index is 11.8. The molecule has 1 aliphatic heterocycles. The standard InChI is InChI=1S/C13H16ClIN2O/c14-10-2-3-12(11(15)7-10)17-13(18)4-1-9-5-6-16-8-9/h2-3,7,9,16H,1,4-6,8H2,(H,17,18). The lowest BCUT2D eigenvalue weighted by Gasteiger charge is -2.10. The molecule has 1 fully saturated rings. The van der Waals surface area contributed by atoms with Crippen molar-refractivity contribution in [2.75, 3.05) is 18.4 Å². The van der Waals surface area contributed by atoms with Gasteiger partial charge in [0.1, 0.15) is 0 Å². The zero-order valence-electron chi connectivity index (χ0n) is 10.0. The molecule has 1 heterocycles. The Morgan fingerprint density at radius 3 is 3.06 bits per heavy atom. The Balaban J connectivity index is 1.82. The minimum Gasteiger partial charge on any atom is -0.325 e. The first-order chi connectivity index (χ1) is 8.65. The van der Waals surface area contributed by atoms with Crippen LogP contribution in [0.3, 0.4) is 0 Å². The number of hydrogen-bond donors (Lipinski definition) is 2. The molecule has 1 saturated heterocycles. The smallest absolute Gasteiger partial charge is 0.224 e. The Morgan fingerprint density at radius 2 is 2.39 bits per heavy atom. The molecule has 2 rings (SSSR count). The summed E-state index contributed by atoms with van der Waals surface area (Å²) in [6.45, 7) is 2.13. The predicted molar refractivity (Wildman–Crippen MR) is 83.0 cm³/mol. The summed E-state index contributed by atoms with van der Waals surface area (Å²) >= 11 is 8.05. The van der Waals surface area contributed by atoms with Crippen LogP contribution in [-0.2, 0) is 4.79 Å². The molecule has 2 N–H and O–H groups in total. The molecule has 3 nitrogen and oxygen atoms in total. The first-order valence-electron chi connectivity index (χ1n) is 6.11. The molecule has 18 heavy (non-hydrogen) atoms. The van der Waals surface area contributed by atoms with Gasteiger partial charge in [0.15, 0.2) is 0 Å². The molecule has 98 valence electrons. The number of carbonyl (C=O) groups excluding carboxylic acids is 1. The van der Waals surface area contributed by atoms with Crippen molar-refractivity contribution in [1.82, 2.24) is 5.32 Å². The summed E-state index contributed by atoms with van der Waals surface area (Å²) < 4.78 is 0.969. The van der Waals surface area contributed by atoms with Crippen molar-refractivity contribution in [3.63, 3.8) is 0 Å². The zero-order chi connectivity index (χ0) is 13.0. The van der Waals surface area contributed by atoms with E-state index in [1.54, 1.807) is 6.07 Å². The second-order valence-corrected chi connectivity index (χ2v) is 6.17. The highest BCUT2D eigenvalue weighted by Gasteiger charge is 2.16. The molecule has 1 aromatic rings. The predicted octanol–water partition coefficient (Wildman–Crippen LogP) is 3.27. The molecule has 1 unspecified atom stereocenters. The van der Waals surface area contributed by atoms with Crippen LogP contribution in [0.2, 0.25) is 5.02 Å². The summed E-state index contributed by atoms with van der Waals surface area (Å²) in [6, 6.07) is 5.48. The van der Waals surface area contributed by atoms with Crippen LogP contribution in [0.1, 0.15) is 19.3 Å². The van der Waals surface area contributed by atoms with E-state index in [4.69, 9.17) is 11.6 Å². The molecule has 0 radical (unpaired) electrons. The van der Waals surface area contributed by atoms with Gasteiger partial charge >= 0.3 is 0 Å². The summed E-state index contributed by atoms with van der Waals surface area (Å²) in [4.78, 5) is 11.8. The van der Waals surface area contributed by atoms with Gasteiger partial charge in [-0.1, -0.05) is 11.6 Å². The molecule has 0 bridgehead atoms. The lowest BCUT2D eigenvalue weighted by molar-refractivity contribution is -0.116. The third-order valence-electron chi connectivity index (χ3n) is 3.15. The van der Waals surface area contributed by atoms with Crippen molar-refractivity contribution in [2.45, 2.75) is 19.3 Å². The maximum absolute atomic E-state index is 11.8. The van der Waals surface area contributed by atoms with Gasteiger partial charge in [0.05, 0.1) is 5.69 Å². The molecule has 0 aliphatic carbocycles.